The van der Waals surface area contributed by atoms with E-state index in [9.17, 15) is 8.42 Å². The molecule has 2 aromatic rings. The summed E-state index contributed by atoms with van der Waals surface area (Å²) in [5.41, 5.74) is 4.21. The van der Waals surface area contributed by atoms with Crippen molar-refractivity contribution in [1.82, 2.24) is 0 Å². The third-order valence-electron chi connectivity index (χ3n) is 3.62. The van der Waals surface area contributed by atoms with Crippen LogP contribution in [0.15, 0.2) is 54.7 Å². The number of anilines is 2. The third kappa shape index (κ3) is 5.76. The molecule has 2 aromatic carbocycles. The second-order valence-corrected chi connectivity index (χ2v) is 7.87. The Hall–Kier alpha value is -2.60. The molecule has 0 bridgehead atoms. The van der Waals surface area contributed by atoms with Crippen molar-refractivity contribution in [2.45, 2.75) is 19.8 Å². The van der Waals surface area contributed by atoms with Crippen molar-refractivity contribution in [1.29, 1.82) is 5.41 Å². The molecule has 0 saturated heterocycles. The van der Waals surface area contributed by atoms with Crippen molar-refractivity contribution in [2.24, 2.45) is 0 Å². The van der Waals surface area contributed by atoms with Crippen molar-refractivity contribution in [3.8, 4) is 0 Å². The SMILES string of the molecule is CC(C)c1cccc(N/C=C(\C=N)c2ccc(NS(C)(=O)=O)cc2)c1. The molecule has 0 aliphatic carbocycles. The molecule has 0 saturated carbocycles. The predicted molar refractivity (Wildman–Crippen MR) is 106 cm³/mol. The van der Waals surface area contributed by atoms with Gasteiger partial charge in [0.25, 0.3) is 0 Å². The predicted octanol–water partition coefficient (Wildman–Crippen LogP) is 4.28. The van der Waals surface area contributed by atoms with Gasteiger partial charge in [0.15, 0.2) is 0 Å². The van der Waals surface area contributed by atoms with Crippen LogP contribution in [0, 0.1) is 5.41 Å². The first-order chi connectivity index (χ1) is 11.8. The van der Waals surface area contributed by atoms with E-state index < -0.39 is 10.0 Å². The van der Waals surface area contributed by atoms with Crippen LogP contribution in [0.2, 0.25) is 0 Å². The molecule has 0 atom stereocenters. The first-order valence-corrected chi connectivity index (χ1v) is 9.83. The Morgan fingerprint density at radius 1 is 1.08 bits per heavy atom. The van der Waals surface area contributed by atoms with Crippen molar-refractivity contribution in [3.05, 3.63) is 65.9 Å². The normalized spacial score (nSPS) is 12.1. The monoisotopic (exact) mass is 357 g/mol. The zero-order valence-corrected chi connectivity index (χ0v) is 15.4. The molecule has 0 radical (unpaired) electrons. The van der Waals surface area contributed by atoms with E-state index in [1.165, 1.54) is 11.8 Å². The number of hydrogen-bond donors (Lipinski definition) is 3. The molecule has 132 valence electrons. The maximum atomic E-state index is 11.2. The molecule has 0 amide bonds. The highest BCUT2D eigenvalue weighted by Gasteiger charge is 2.04. The maximum Gasteiger partial charge on any atom is 0.229 e. The first-order valence-electron chi connectivity index (χ1n) is 7.94. The van der Waals surface area contributed by atoms with Crippen molar-refractivity contribution >= 4 is 33.2 Å². The lowest BCUT2D eigenvalue weighted by Gasteiger charge is -2.09. The zero-order valence-electron chi connectivity index (χ0n) is 14.6. The fraction of sp³-hybridized carbons (Fsp3) is 0.211. The lowest BCUT2D eigenvalue weighted by Crippen LogP contribution is -2.09. The Kier molecular flexibility index (Phi) is 5.98. The highest BCUT2D eigenvalue weighted by Crippen LogP contribution is 2.20. The van der Waals surface area contributed by atoms with E-state index in [2.05, 4.69) is 36.0 Å². The first kappa shape index (κ1) is 18.7. The van der Waals surface area contributed by atoms with Crippen LogP contribution in [-0.4, -0.2) is 20.9 Å². The second kappa shape index (κ2) is 7.98. The van der Waals surface area contributed by atoms with Gasteiger partial charge in [-0.3, -0.25) is 4.72 Å². The van der Waals surface area contributed by atoms with E-state index in [1.54, 1.807) is 30.5 Å². The lowest BCUT2D eigenvalue weighted by atomic mass is 10.0. The molecular formula is C19H23N3O2S. The number of benzene rings is 2. The molecule has 2 rings (SSSR count). The van der Waals surface area contributed by atoms with E-state index in [0.29, 0.717) is 17.2 Å². The van der Waals surface area contributed by atoms with E-state index in [1.807, 2.05) is 12.1 Å². The Balaban J connectivity index is 2.17. The molecule has 0 heterocycles. The van der Waals surface area contributed by atoms with Gasteiger partial charge in [0.05, 0.1) is 6.26 Å². The molecule has 0 spiro atoms. The summed E-state index contributed by atoms with van der Waals surface area (Å²) in [5, 5.41) is 10.8. The van der Waals surface area contributed by atoms with E-state index in [4.69, 9.17) is 5.41 Å². The average molecular weight is 357 g/mol. The van der Waals surface area contributed by atoms with Gasteiger partial charge in [-0.1, -0.05) is 38.1 Å². The molecule has 5 nitrogen and oxygen atoms in total. The highest BCUT2D eigenvalue weighted by molar-refractivity contribution is 7.92. The van der Waals surface area contributed by atoms with Gasteiger partial charge in [-0.25, -0.2) is 8.42 Å². The zero-order chi connectivity index (χ0) is 18.4. The van der Waals surface area contributed by atoms with E-state index in [-0.39, 0.29) is 0 Å². The maximum absolute atomic E-state index is 11.2. The third-order valence-corrected chi connectivity index (χ3v) is 4.23. The molecular weight excluding hydrogens is 334 g/mol. The fourth-order valence-corrected chi connectivity index (χ4v) is 2.87. The second-order valence-electron chi connectivity index (χ2n) is 6.12. The van der Waals surface area contributed by atoms with E-state index in [0.717, 1.165) is 17.5 Å². The molecule has 0 fully saturated rings. The van der Waals surface area contributed by atoms with Crippen LogP contribution in [0.1, 0.15) is 30.9 Å². The molecule has 0 aliphatic rings. The van der Waals surface area contributed by atoms with Gasteiger partial charge in [0.2, 0.25) is 10.0 Å². The summed E-state index contributed by atoms with van der Waals surface area (Å²) >= 11 is 0. The summed E-state index contributed by atoms with van der Waals surface area (Å²) in [6, 6.07) is 15.0. The number of allylic oxidation sites excluding steroid dienone is 1. The standard InChI is InChI=1S/C19H23N3O2S/c1-14(2)16-5-4-6-19(11-16)21-13-17(12-20)15-7-9-18(10-8-15)22-25(3,23)24/h4-14,20-22H,1-3H3/b17-13+,20-12?. The minimum Gasteiger partial charge on any atom is -0.361 e. The topological polar surface area (TPSA) is 82.1 Å². The van der Waals surface area contributed by atoms with Crippen LogP contribution in [0.5, 0.6) is 0 Å². The summed E-state index contributed by atoms with van der Waals surface area (Å²) < 4.78 is 24.9. The summed E-state index contributed by atoms with van der Waals surface area (Å²) in [6.45, 7) is 4.29. The average Bonchev–Trinajstić information content (AvgIpc) is 2.55. The molecule has 6 heteroatoms. The van der Waals surface area contributed by atoms with Crippen LogP contribution in [0.3, 0.4) is 0 Å². The number of hydrogen-bond acceptors (Lipinski definition) is 4. The smallest absolute Gasteiger partial charge is 0.229 e. The van der Waals surface area contributed by atoms with Gasteiger partial charge >= 0.3 is 0 Å². The van der Waals surface area contributed by atoms with Gasteiger partial charge in [-0.2, -0.15) is 0 Å². The van der Waals surface area contributed by atoms with Gasteiger partial charge in [0, 0.05) is 29.4 Å². The quantitative estimate of drug-likeness (QED) is 0.647. The van der Waals surface area contributed by atoms with Crippen LogP contribution >= 0.6 is 0 Å². The van der Waals surface area contributed by atoms with Crippen LogP contribution < -0.4 is 10.0 Å². The highest BCUT2D eigenvalue weighted by atomic mass is 32.2. The number of sulfonamides is 1. The van der Waals surface area contributed by atoms with Gasteiger partial charge in [-0.05, 0) is 41.3 Å². The van der Waals surface area contributed by atoms with Crippen molar-refractivity contribution in [2.75, 3.05) is 16.3 Å². The van der Waals surface area contributed by atoms with Crippen LogP contribution in [0.4, 0.5) is 11.4 Å². The Morgan fingerprint density at radius 3 is 2.32 bits per heavy atom. The Bertz CT molecular complexity index is 870. The summed E-state index contributed by atoms with van der Waals surface area (Å²) in [5.74, 6) is 0.447. The number of nitrogens with one attached hydrogen (secondary N) is 3. The fourth-order valence-electron chi connectivity index (χ4n) is 2.30. The largest absolute Gasteiger partial charge is 0.361 e. The minimum atomic E-state index is -3.30. The van der Waals surface area contributed by atoms with Gasteiger partial charge in [0.1, 0.15) is 0 Å². The lowest BCUT2D eigenvalue weighted by molar-refractivity contribution is 0.607. The summed E-state index contributed by atoms with van der Waals surface area (Å²) in [4.78, 5) is 0. The Labute approximate surface area is 149 Å². The molecule has 0 aromatic heterocycles. The number of rotatable bonds is 7. The summed E-state index contributed by atoms with van der Waals surface area (Å²) in [6.07, 6.45) is 4.14. The van der Waals surface area contributed by atoms with Gasteiger partial charge < -0.3 is 10.7 Å². The molecule has 25 heavy (non-hydrogen) atoms. The summed E-state index contributed by atoms with van der Waals surface area (Å²) in [7, 11) is -3.30. The van der Waals surface area contributed by atoms with Crippen molar-refractivity contribution in [3.63, 3.8) is 0 Å². The van der Waals surface area contributed by atoms with Gasteiger partial charge in [-0.15, -0.1) is 0 Å². The van der Waals surface area contributed by atoms with Crippen molar-refractivity contribution < 1.29 is 8.42 Å². The van der Waals surface area contributed by atoms with Crippen LogP contribution in [-0.2, 0) is 10.0 Å². The van der Waals surface area contributed by atoms with Crippen LogP contribution in [0.25, 0.3) is 5.57 Å². The molecule has 0 aliphatic heterocycles. The molecule has 3 N–H and O–H groups in total. The minimum absolute atomic E-state index is 0.447. The Morgan fingerprint density at radius 2 is 1.76 bits per heavy atom. The van der Waals surface area contributed by atoms with E-state index >= 15 is 0 Å². The molecule has 0 unspecified atom stereocenters.